The van der Waals surface area contributed by atoms with E-state index in [1.54, 1.807) is 11.3 Å². The molecule has 0 atom stereocenters. The predicted octanol–water partition coefficient (Wildman–Crippen LogP) is 2.32. The quantitative estimate of drug-likeness (QED) is 0.883. The molecule has 1 aliphatic rings. The largest absolute Gasteiger partial charge is 0.347 e. The highest BCUT2D eigenvalue weighted by Gasteiger charge is 2.24. The summed E-state index contributed by atoms with van der Waals surface area (Å²) in [6, 6.07) is 0. The molecule has 0 amide bonds. The summed E-state index contributed by atoms with van der Waals surface area (Å²) in [4.78, 5) is 6.95. The average Bonchev–Trinajstić information content (AvgIpc) is 2.64. The molecule has 1 aromatic rings. The van der Waals surface area contributed by atoms with Gasteiger partial charge in [0.2, 0.25) is 0 Å². The summed E-state index contributed by atoms with van der Waals surface area (Å²) in [6.07, 6.45) is 1.22. The fourth-order valence-corrected chi connectivity index (χ4v) is 3.74. The lowest BCUT2D eigenvalue weighted by atomic mass is 10.1. The van der Waals surface area contributed by atoms with Gasteiger partial charge in [0, 0.05) is 35.5 Å². The molecule has 1 fully saturated rings. The summed E-state index contributed by atoms with van der Waals surface area (Å²) < 4.78 is 0.405. The van der Waals surface area contributed by atoms with Crippen molar-refractivity contribution in [1.82, 2.24) is 4.98 Å². The van der Waals surface area contributed by atoms with Gasteiger partial charge in [-0.3, -0.25) is 0 Å². The lowest BCUT2D eigenvalue weighted by Gasteiger charge is -2.22. The van der Waals surface area contributed by atoms with Gasteiger partial charge >= 0.3 is 0 Å². The number of rotatable bonds is 2. The molecule has 0 saturated carbocycles. The van der Waals surface area contributed by atoms with E-state index in [4.69, 9.17) is 5.73 Å². The Balaban J connectivity index is 2.04. The molecule has 0 unspecified atom stereocenters. The van der Waals surface area contributed by atoms with E-state index in [1.165, 1.54) is 12.2 Å². The maximum absolute atomic E-state index is 5.59. The van der Waals surface area contributed by atoms with Crippen molar-refractivity contribution in [2.45, 2.75) is 31.6 Å². The molecule has 1 aliphatic heterocycles. The van der Waals surface area contributed by atoms with Gasteiger partial charge in [-0.25, -0.2) is 4.98 Å². The molecule has 2 rings (SSSR count). The second-order valence-corrected chi connectivity index (χ2v) is 7.31. The Labute approximate surface area is 105 Å². The minimum absolute atomic E-state index is 0.405. The van der Waals surface area contributed by atoms with E-state index in [9.17, 15) is 0 Å². The van der Waals surface area contributed by atoms with Crippen LogP contribution in [0.4, 0.5) is 5.13 Å². The van der Waals surface area contributed by atoms with Crippen molar-refractivity contribution in [3.8, 4) is 0 Å². The summed E-state index contributed by atoms with van der Waals surface area (Å²) in [7, 11) is 0. The maximum Gasteiger partial charge on any atom is 0.185 e. The van der Waals surface area contributed by atoms with Crippen LogP contribution in [0.3, 0.4) is 0 Å². The van der Waals surface area contributed by atoms with Gasteiger partial charge in [0.25, 0.3) is 0 Å². The third-order valence-corrected chi connectivity index (χ3v) is 5.18. The molecule has 2 N–H and O–H groups in total. The molecule has 0 bridgehead atoms. The Morgan fingerprint density at radius 3 is 3.00 bits per heavy atom. The van der Waals surface area contributed by atoms with E-state index in [0.717, 1.165) is 23.9 Å². The number of thioether (sulfide) groups is 1. The Morgan fingerprint density at radius 1 is 1.50 bits per heavy atom. The van der Waals surface area contributed by atoms with Gasteiger partial charge in [-0.15, -0.1) is 11.3 Å². The second-order valence-electron chi connectivity index (χ2n) is 4.67. The normalized spacial score (nSPS) is 20.8. The van der Waals surface area contributed by atoms with E-state index in [0.29, 0.717) is 11.3 Å². The van der Waals surface area contributed by atoms with Crippen LogP contribution in [-0.4, -0.2) is 28.6 Å². The first-order valence-electron chi connectivity index (χ1n) is 5.64. The van der Waals surface area contributed by atoms with Crippen LogP contribution in [0, 0.1) is 0 Å². The van der Waals surface area contributed by atoms with Crippen LogP contribution in [0.15, 0.2) is 5.38 Å². The molecule has 0 radical (unpaired) electrons. The van der Waals surface area contributed by atoms with Crippen molar-refractivity contribution in [1.29, 1.82) is 0 Å². The van der Waals surface area contributed by atoms with Crippen LogP contribution in [0.2, 0.25) is 0 Å². The van der Waals surface area contributed by atoms with Crippen molar-refractivity contribution >= 4 is 28.2 Å². The van der Waals surface area contributed by atoms with Crippen LogP contribution < -0.4 is 10.6 Å². The SMILES string of the molecule is CC1(C)CCN(c2nc(CN)cs2)CCS1. The number of nitrogens with two attached hydrogens (primary N) is 1. The Hall–Kier alpha value is -0.260. The minimum atomic E-state index is 0.405. The van der Waals surface area contributed by atoms with Gasteiger partial charge in [0.1, 0.15) is 0 Å². The molecule has 0 aromatic carbocycles. The third-order valence-electron chi connectivity index (χ3n) is 2.86. The molecular formula is C11H19N3S2. The van der Waals surface area contributed by atoms with Crippen molar-refractivity contribution in [3.63, 3.8) is 0 Å². The monoisotopic (exact) mass is 257 g/mol. The average molecular weight is 257 g/mol. The molecule has 5 heteroatoms. The number of hydrogen-bond donors (Lipinski definition) is 1. The fourth-order valence-electron chi connectivity index (χ4n) is 1.75. The Morgan fingerprint density at radius 2 is 2.31 bits per heavy atom. The second kappa shape index (κ2) is 4.94. The van der Waals surface area contributed by atoms with Crippen molar-refractivity contribution in [2.75, 3.05) is 23.7 Å². The van der Waals surface area contributed by atoms with E-state index >= 15 is 0 Å². The smallest absolute Gasteiger partial charge is 0.185 e. The van der Waals surface area contributed by atoms with Crippen molar-refractivity contribution < 1.29 is 0 Å². The fraction of sp³-hybridized carbons (Fsp3) is 0.727. The lowest BCUT2D eigenvalue weighted by molar-refractivity contribution is 0.637. The third kappa shape index (κ3) is 2.90. The van der Waals surface area contributed by atoms with Crippen LogP contribution in [0.25, 0.3) is 0 Å². The van der Waals surface area contributed by atoms with Gasteiger partial charge in [-0.2, -0.15) is 11.8 Å². The standard InChI is InChI=1S/C11H19N3S2/c1-11(2)3-4-14(5-6-16-11)10-13-9(7-12)8-15-10/h8H,3-7,12H2,1-2H3. The van der Waals surface area contributed by atoms with Gasteiger partial charge < -0.3 is 10.6 Å². The number of hydrogen-bond acceptors (Lipinski definition) is 5. The highest BCUT2D eigenvalue weighted by Crippen LogP contribution is 2.33. The summed E-state index contributed by atoms with van der Waals surface area (Å²) in [6.45, 7) is 7.41. The zero-order valence-electron chi connectivity index (χ0n) is 9.90. The van der Waals surface area contributed by atoms with E-state index in [-0.39, 0.29) is 0 Å². The van der Waals surface area contributed by atoms with Crippen LogP contribution in [0.1, 0.15) is 26.0 Å². The van der Waals surface area contributed by atoms with Crippen LogP contribution in [-0.2, 0) is 6.54 Å². The number of aromatic nitrogens is 1. The number of nitrogens with zero attached hydrogens (tertiary/aromatic N) is 2. The molecule has 90 valence electrons. The molecule has 3 nitrogen and oxygen atoms in total. The zero-order valence-corrected chi connectivity index (χ0v) is 11.5. The summed E-state index contributed by atoms with van der Waals surface area (Å²) >= 11 is 3.78. The topological polar surface area (TPSA) is 42.2 Å². The molecule has 0 spiro atoms. The van der Waals surface area contributed by atoms with Crippen molar-refractivity contribution in [2.24, 2.45) is 5.73 Å². The summed E-state index contributed by atoms with van der Waals surface area (Å²) in [5, 5.41) is 3.21. The number of thiazole rings is 1. The summed E-state index contributed by atoms with van der Waals surface area (Å²) in [5.41, 5.74) is 6.60. The van der Waals surface area contributed by atoms with Gasteiger partial charge in [-0.05, 0) is 6.42 Å². The van der Waals surface area contributed by atoms with Gasteiger partial charge in [0.05, 0.1) is 5.69 Å². The Kier molecular flexibility index (Phi) is 3.77. The van der Waals surface area contributed by atoms with E-state index in [2.05, 4.69) is 40.9 Å². The van der Waals surface area contributed by atoms with E-state index < -0.39 is 0 Å². The highest BCUT2D eigenvalue weighted by atomic mass is 32.2. The molecular weight excluding hydrogens is 238 g/mol. The van der Waals surface area contributed by atoms with Crippen LogP contribution in [0.5, 0.6) is 0 Å². The first kappa shape index (κ1) is 12.2. The van der Waals surface area contributed by atoms with Gasteiger partial charge in [0.15, 0.2) is 5.13 Å². The van der Waals surface area contributed by atoms with Crippen LogP contribution >= 0.6 is 23.1 Å². The lowest BCUT2D eigenvalue weighted by Crippen LogP contribution is -2.26. The molecule has 1 saturated heterocycles. The van der Waals surface area contributed by atoms with E-state index in [1.807, 2.05) is 0 Å². The first-order valence-corrected chi connectivity index (χ1v) is 7.51. The molecule has 1 aromatic heterocycles. The minimum Gasteiger partial charge on any atom is -0.347 e. The molecule has 0 aliphatic carbocycles. The van der Waals surface area contributed by atoms with Gasteiger partial charge in [-0.1, -0.05) is 13.8 Å². The predicted molar refractivity (Wildman–Crippen MR) is 73.4 cm³/mol. The van der Waals surface area contributed by atoms with Crippen molar-refractivity contribution in [3.05, 3.63) is 11.1 Å². The highest BCUT2D eigenvalue weighted by molar-refractivity contribution is 8.00. The summed E-state index contributed by atoms with van der Waals surface area (Å²) in [5.74, 6) is 1.19. The maximum atomic E-state index is 5.59. The molecule has 2 heterocycles. The molecule has 16 heavy (non-hydrogen) atoms. The number of anilines is 1. The zero-order chi connectivity index (χ0) is 11.6. The first-order chi connectivity index (χ1) is 7.61. The Bertz CT molecular complexity index is 349.